The van der Waals surface area contributed by atoms with Crippen LogP contribution < -0.4 is 4.90 Å². The molecule has 3 rings (SSSR count). The maximum Gasteiger partial charge on any atom is 0.208 e. The van der Waals surface area contributed by atoms with Crippen molar-refractivity contribution in [1.82, 2.24) is 20.1 Å². The minimum Gasteiger partial charge on any atom is -0.344 e. The van der Waals surface area contributed by atoms with Gasteiger partial charge in [0.2, 0.25) is 5.13 Å². The van der Waals surface area contributed by atoms with E-state index in [-0.39, 0.29) is 0 Å². The lowest BCUT2D eigenvalue weighted by Crippen LogP contribution is -2.47. The number of piperazine rings is 1. The van der Waals surface area contributed by atoms with Gasteiger partial charge < -0.3 is 4.90 Å². The summed E-state index contributed by atoms with van der Waals surface area (Å²) in [5.74, 6) is 0.730. The van der Waals surface area contributed by atoms with Gasteiger partial charge in [0.1, 0.15) is 5.69 Å². The van der Waals surface area contributed by atoms with Crippen molar-refractivity contribution in [2.24, 2.45) is 5.92 Å². The molecule has 21 heavy (non-hydrogen) atoms. The molecule has 0 bridgehead atoms. The summed E-state index contributed by atoms with van der Waals surface area (Å²) in [6.45, 7) is 10.0. The zero-order chi connectivity index (χ0) is 14.7. The minimum absolute atomic E-state index is 0.730. The second-order valence-corrected chi connectivity index (χ2v) is 6.74. The van der Waals surface area contributed by atoms with Gasteiger partial charge in [-0.3, -0.25) is 9.88 Å². The fourth-order valence-electron chi connectivity index (χ4n) is 2.57. The van der Waals surface area contributed by atoms with Crippen LogP contribution in [0.25, 0.3) is 10.7 Å². The Morgan fingerprint density at radius 3 is 2.62 bits per heavy atom. The van der Waals surface area contributed by atoms with Crippen LogP contribution >= 0.6 is 11.3 Å². The molecule has 2 aromatic rings. The van der Waals surface area contributed by atoms with Crippen LogP contribution in [0.15, 0.2) is 24.4 Å². The van der Waals surface area contributed by atoms with Crippen molar-refractivity contribution in [3.8, 4) is 10.7 Å². The molecule has 1 aliphatic heterocycles. The second-order valence-electron chi connectivity index (χ2n) is 5.79. The Morgan fingerprint density at radius 1 is 1.14 bits per heavy atom. The summed E-state index contributed by atoms with van der Waals surface area (Å²) in [6, 6.07) is 5.87. The Hall–Kier alpha value is -1.53. The van der Waals surface area contributed by atoms with Crippen LogP contribution in [0.1, 0.15) is 13.8 Å². The molecule has 1 saturated heterocycles. The summed E-state index contributed by atoms with van der Waals surface area (Å²) in [4.78, 5) is 9.20. The SMILES string of the molecule is CC(C)CN1CCN(c2nnc(-c3ccccn3)s2)CC1. The van der Waals surface area contributed by atoms with Gasteiger partial charge in [-0.1, -0.05) is 31.3 Å². The highest BCUT2D eigenvalue weighted by molar-refractivity contribution is 7.18. The van der Waals surface area contributed by atoms with Gasteiger partial charge in [0.15, 0.2) is 5.01 Å². The lowest BCUT2D eigenvalue weighted by Gasteiger charge is -2.35. The maximum atomic E-state index is 4.34. The smallest absolute Gasteiger partial charge is 0.208 e. The second kappa shape index (κ2) is 6.49. The van der Waals surface area contributed by atoms with Crippen molar-refractivity contribution in [1.29, 1.82) is 0 Å². The van der Waals surface area contributed by atoms with Gasteiger partial charge in [-0.05, 0) is 18.1 Å². The third-order valence-corrected chi connectivity index (χ3v) is 4.57. The lowest BCUT2D eigenvalue weighted by atomic mass is 10.2. The van der Waals surface area contributed by atoms with E-state index in [0.717, 1.165) is 47.9 Å². The lowest BCUT2D eigenvalue weighted by molar-refractivity contribution is 0.231. The van der Waals surface area contributed by atoms with Crippen molar-refractivity contribution < 1.29 is 0 Å². The molecule has 0 N–H and O–H groups in total. The summed E-state index contributed by atoms with van der Waals surface area (Å²) in [5.41, 5.74) is 0.902. The Morgan fingerprint density at radius 2 is 1.95 bits per heavy atom. The predicted molar refractivity (Wildman–Crippen MR) is 86.6 cm³/mol. The first kappa shape index (κ1) is 14.4. The van der Waals surface area contributed by atoms with Crippen LogP contribution in [0.4, 0.5) is 5.13 Å². The summed E-state index contributed by atoms with van der Waals surface area (Å²) < 4.78 is 0. The van der Waals surface area contributed by atoms with Crippen LogP contribution in [0.5, 0.6) is 0 Å². The van der Waals surface area contributed by atoms with Crippen molar-refractivity contribution in [3.63, 3.8) is 0 Å². The van der Waals surface area contributed by atoms with Gasteiger partial charge in [0, 0.05) is 38.9 Å². The fourth-order valence-corrected chi connectivity index (χ4v) is 3.45. The number of aromatic nitrogens is 3. The molecule has 0 aromatic carbocycles. The molecule has 5 nitrogen and oxygen atoms in total. The van der Waals surface area contributed by atoms with Gasteiger partial charge in [-0.25, -0.2) is 0 Å². The number of anilines is 1. The highest BCUT2D eigenvalue weighted by Gasteiger charge is 2.20. The largest absolute Gasteiger partial charge is 0.344 e. The third-order valence-electron chi connectivity index (χ3n) is 3.56. The molecular weight excluding hydrogens is 282 g/mol. The summed E-state index contributed by atoms with van der Waals surface area (Å²) in [5, 5.41) is 10.5. The van der Waals surface area contributed by atoms with Gasteiger partial charge in [-0.2, -0.15) is 0 Å². The first-order chi connectivity index (χ1) is 10.2. The van der Waals surface area contributed by atoms with E-state index in [4.69, 9.17) is 0 Å². The summed E-state index contributed by atoms with van der Waals surface area (Å²) in [7, 11) is 0. The summed E-state index contributed by atoms with van der Waals surface area (Å²) >= 11 is 1.63. The molecule has 0 spiro atoms. The fraction of sp³-hybridized carbons (Fsp3) is 0.533. The van der Waals surface area contributed by atoms with Gasteiger partial charge >= 0.3 is 0 Å². The van der Waals surface area contributed by atoms with E-state index >= 15 is 0 Å². The molecule has 0 amide bonds. The van der Waals surface area contributed by atoms with E-state index in [0.29, 0.717) is 0 Å². The molecular formula is C15H21N5S. The van der Waals surface area contributed by atoms with E-state index in [9.17, 15) is 0 Å². The van der Waals surface area contributed by atoms with Crippen LogP contribution in [-0.2, 0) is 0 Å². The molecule has 6 heteroatoms. The van der Waals surface area contributed by atoms with Crippen LogP contribution in [-0.4, -0.2) is 52.8 Å². The average molecular weight is 303 g/mol. The van der Waals surface area contributed by atoms with Gasteiger partial charge in [-0.15, -0.1) is 10.2 Å². The minimum atomic E-state index is 0.730. The van der Waals surface area contributed by atoms with Crippen LogP contribution in [0.3, 0.4) is 0 Å². The van der Waals surface area contributed by atoms with Gasteiger partial charge in [0.25, 0.3) is 0 Å². The molecule has 112 valence electrons. The van der Waals surface area contributed by atoms with E-state index in [1.165, 1.54) is 6.54 Å². The standard InChI is InChI=1S/C15H21N5S/c1-12(2)11-19-7-9-20(10-8-19)15-18-17-14(21-15)13-5-3-4-6-16-13/h3-6,12H,7-11H2,1-2H3. The Kier molecular flexibility index (Phi) is 4.45. The monoisotopic (exact) mass is 303 g/mol. The molecule has 0 saturated carbocycles. The number of nitrogens with zero attached hydrogens (tertiary/aromatic N) is 5. The van der Waals surface area contributed by atoms with Crippen LogP contribution in [0.2, 0.25) is 0 Å². The van der Waals surface area contributed by atoms with E-state index in [1.807, 2.05) is 18.2 Å². The molecule has 1 fully saturated rings. The molecule has 2 aromatic heterocycles. The predicted octanol–water partition coefficient (Wildman–Crippen LogP) is 2.38. The number of pyridine rings is 1. The van der Waals surface area contributed by atoms with Crippen molar-refractivity contribution in [3.05, 3.63) is 24.4 Å². The van der Waals surface area contributed by atoms with E-state index < -0.39 is 0 Å². The first-order valence-corrected chi connectivity index (χ1v) is 8.26. The number of hydrogen-bond acceptors (Lipinski definition) is 6. The summed E-state index contributed by atoms with van der Waals surface area (Å²) in [6.07, 6.45) is 1.79. The highest BCUT2D eigenvalue weighted by Crippen LogP contribution is 2.27. The topological polar surface area (TPSA) is 45.2 Å². The van der Waals surface area contributed by atoms with Crippen molar-refractivity contribution >= 4 is 16.5 Å². The molecule has 1 aliphatic rings. The Balaban J connectivity index is 1.63. The highest BCUT2D eigenvalue weighted by atomic mass is 32.1. The van der Waals surface area contributed by atoms with Crippen molar-refractivity contribution in [2.45, 2.75) is 13.8 Å². The first-order valence-electron chi connectivity index (χ1n) is 7.44. The van der Waals surface area contributed by atoms with Crippen molar-refractivity contribution in [2.75, 3.05) is 37.6 Å². The number of rotatable bonds is 4. The average Bonchev–Trinajstić information content (AvgIpc) is 2.98. The molecule has 0 aliphatic carbocycles. The number of hydrogen-bond donors (Lipinski definition) is 0. The molecule has 3 heterocycles. The molecule has 0 radical (unpaired) electrons. The molecule has 0 atom stereocenters. The van der Waals surface area contributed by atoms with Gasteiger partial charge in [0.05, 0.1) is 0 Å². The normalized spacial score (nSPS) is 16.6. The zero-order valence-corrected chi connectivity index (χ0v) is 13.4. The Bertz CT molecular complexity index is 560. The quantitative estimate of drug-likeness (QED) is 0.868. The molecule has 0 unspecified atom stereocenters. The third kappa shape index (κ3) is 3.57. The van der Waals surface area contributed by atoms with E-state index in [1.54, 1.807) is 17.5 Å². The zero-order valence-electron chi connectivity index (χ0n) is 12.6. The Labute approximate surface area is 129 Å². The van der Waals surface area contributed by atoms with E-state index in [2.05, 4.69) is 38.8 Å². The maximum absolute atomic E-state index is 4.34. The van der Waals surface area contributed by atoms with Crippen LogP contribution in [0, 0.1) is 5.92 Å².